The van der Waals surface area contributed by atoms with Crippen molar-refractivity contribution in [2.45, 2.75) is 13.5 Å². The minimum absolute atomic E-state index is 0.146. The molecular weight excluding hydrogens is 289 g/mol. The zero-order valence-electron chi connectivity index (χ0n) is 12.6. The van der Waals surface area contributed by atoms with E-state index in [4.69, 9.17) is 13.6 Å². The lowest BCUT2D eigenvalue weighted by atomic mass is 9.94. The molecule has 1 aromatic carbocycles. The molecule has 2 radical (unpaired) electrons. The van der Waals surface area contributed by atoms with Gasteiger partial charge < -0.3 is 5.73 Å². The number of hydrogen-bond acceptors (Lipinski definition) is 5. The van der Waals surface area contributed by atoms with E-state index in [0.29, 0.717) is 17.7 Å². The van der Waals surface area contributed by atoms with Gasteiger partial charge in [-0.1, -0.05) is 29.7 Å². The summed E-state index contributed by atoms with van der Waals surface area (Å²) in [7, 11) is 5.78. The van der Waals surface area contributed by atoms with Gasteiger partial charge in [-0.3, -0.25) is 9.48 Å². The van der Waals surface area contributed by atoms with Gasteiger partial charge in [-0.15, -0.1) is 0 Å². The Morgan fingerprint density at radius 2 is 2.17 bits per heavy atom. The molecule has 2 N–H and O–H groups in total. The van der Waals surface area contributed by atoms with E-state index in [1.807, 2.05) is 31.2 Å². The predicted octanol–water partition coefficient (Wildman–Crippen LogP) is 0.637. The van der Waals surface area contributed by atoms with Crippen LogP contribution in [-0.2, 0) is 6.54 Å². The van der Waals surface area contributed by atoms with Crippen LogP contribution in [0.25, 0.3) is 0 Å². The van der Waals surface area contributed by atoms with Crippen molar-refractivity contribution in [3.05, 3.63) is 65.4 Å². The molecule has 0 aliphatic carbocycles. The summed E-state index contributed by atoms with van der Waals surface area (Å²) in [4.78, 5) is 20.2. The molecule has 0 saturated carbocycles. The first-order valence-corrected chi connectivity index (χ1v) is 7.03. The fraction of sp³-hybridized carbons (Fsp3) is 0.125. The number of benzene rings is 1. The summed E-state index contributed by atoms with van der Waals surface area (Å²) in [5, 5.41) is 4.37. The summed E-state index contributed by atoms with van der Waals surface area (Å²) in [6.45, 7) is 2.42. The van der Waals surface area contributed by atoms with E-state index < -0.39 is 0 Å². The van der Waals surface area contributed by atoms with Crippen LogP contribution in [0.5, 0.6) is 0 Å². The lowest BCUT2D eigenvalue weighted by Gasteiger charge is -2.05. The molecule has 0 aliphatic heterocycles. The summed E-state index contributed by atoms with van der Waals surface area (Å²) in [6.07, 6.45) is 2.70. The van der Waals surface area contributed by atoms with Crippen molar-refractivity contribution in [3.8, 4) is 0 Å². The molecule has 23 heavy (non-hydrogen) atoms. The molecule has 0 spiro atoms. The molecule has 0 saturated heterocycles. The zero-order valence-corrected chi connectivity index (χ0v) is 12.6. The fourth-order valence-corrected chi connectivity index (χ4v) is 2.30. The summed E-state index contributed by atoms with van der Waals surface area (Å²) in [5.41, 5.74) is 8.86. The Balaban J connectivity index is 1.89. The molecule has 0 aliphatic rings. The third-order valence-electron chi connectivity index (χ3n) is 3.48. The van der Waals surface area contributed by atoms with Gasteiger partial charge in [0, 0.05) is 11.9 Å². The average Bonchev–Trinajstić information content (AvgIpc) is 2.88. The number of aryl methyl sites for hydroxylation is 1. The Hall–Kier alpha value is -2.96. The van der Waals surface area contributed by atoms with Crippen LogP contribution in [0.15, 0.2) is 42.9 Å². The highest BCUT2D eigenvalue weighted by Crippen LogP contribution is 2.14. The molecule has 0 fully saturated rings. The van der Waals surface area contributed by atoms with Crippen LogP contribution < -0.4 is 11.2 Å². The first-order chi connectivity index (χ1) is 11.0. The van der Waals surface area contributed by atoms with Crippen LogP contribution in [0, 0.1) is 6.92 Å². The van der Waals surface area contributed by atoms with Gasteiger partial charge in [-0.05, 0) is 18.6 Å². The average molecular weight is 303 g/mol. The topological polar surface area (TPSA) is 86.7 Å². The number of aromatic nitrogens is 4. The second-order valence-corrected chi connectivity index (χ2v) is 5.22. The molecule has 3 rings (SSSR count). The predicted molar refractivity (Wildman–Crippen MR) is 87.8 cm³/mol. The second kappa shape index (κ2) is 6.04. The smallest absolute Gasteiger partial charge is 0.218 e. The lowest BCUT2D eigenvalue weighted by molar-refractivity contribution is 0.103. The van der Waals surface area contributed by atoms with Gasteiger partial charge in [-0.2, -0.15) is 5.10 Å². The summed E-state index contributed by atoms with van der Waals surface area (Å²) in [5.74, 6) is -0.148. The SMILES string of the molecule is [B]c1cccc(Cn2nc(C(=O)c3cncnc3N)cc2C)c1. The molecule has 2 heterocycles. The molecule has 6 nitrogen and oxygen atoms in total. The number of carbonyl (C=O) groups excluding carboxylic acids is 1. The van der Waals surface area contributed by atoms with E-state index in [9.17, 15) is 4.79 Å². The number of nitrogens with two attached hydrogens (primary N) is 1. The number of ketones is 1. The standard InChI is InChI=1S/C16H14BN5O/c1-10-5-14(15(23)13-7-19-9-20-16(13)18)21-22(10)8-11-3-2-4-12(17)6-11/h2-7,9H,8H2,1H3,(H2,18,19,20). The van der Waals surface area contributed by atoms with Crippen molar-refractivity contribution in [1.29, 1.82) is 0 Å². The van der Waals surface area contributed by atoms with Crippen LogP contribution in [0.4, 0.5) is 5.82 Å². The summed E-state index contributed by atoms with van der Waals surface area (Å²) < 4.78 is 1.75. The van der Waals surface area contributed by atoms with Crippen molar-refractivity contribution in [2.75, 3.05) is 5.73 Å². The monoisotopic (exact) mass is 303 g/mol. The Bertz CT molecular complexity index is 874. The Morgan fingerprint density at radius 1 is 1.35 bits per heavy atom. The van der Waals surface area contributed by atoms with E-state index in [-0.39, 0.29) is 17.2 Å². The number of rotatable bonds is 4. The van der Waals surface area contributed by atoms with Crippen molar-refractivity contribution in [2.24, 2.45) is 0 Å². The molecule has 2 aromatic heterocycles. The van der Waals surface area contributed by atoms with E-state index in [2.05, 4.69) is 15.1 Å². The maximum Gasteiger partial charge on any atom is 0.218 e. The Kier molecular flexibility index (Phi) is 3.93. The second-order valence-electron chi connectivity index (χ2n) is 5.22. The highest BCUT2D eigenvalue weighted by atomic mass is 16.1. The number of nitrogens with zero attached hydrogens (tertiary/aromatic N) is 4. The molecule has 3 aromatic rings. The zero-order chi connectivity index (χ0) is 16.4. The molecule has 7 heteroatoms. The molecule has 0 amide bonds. The lowest BCUT2D eigenvalue weighted by Crippen LogP contribution is -2.11. The van der Waals surface area contributed by atoms with Gasteiger partial charge in [0.1, 0.15) is 25.7 Å². The van der Waals surface area contributed by atoms with Crippen LogP contribution in [-0.4, -0.2) is 33.4 Å². The van der Waals surface area contributed by atoms with Crippen molar-refractivity contribution >= 4 is 24.9 Å². The molecule has 0 bridgehead atoms. The highest BCUT2D eigenvalue weighted by molar-refractivity contribution is 6.32. The normalized spacial score (nSPS) is 10.7. The Morgan fingerprint density at radius 3 is 2.91 bits per heavy atom. The maximum atomic E-state index is 12.5. The van der Waals surface area contributed by atoms with Crippen molar-refractivity contribution < 1.29 is 4.79 Å². The van der Waals surface area contributed by atoms with Gasteiger partial charge in [0.05, 0.1) is 12.1 Å². The van der Waals surface area contributed by atoms with Gasteiger partial charge in [0.2, 0.25) is 5.78 Å². The largest absolute Gasteiger partial charge is 0.383 e. The number of hydrogen-bond donors (Lipinski definition) is 1. The molecule has 0 unspecified atom stereocenters. The van der Waals surface area contributed by atoms with Crippen molar-refractivity contribution in [1.82, 2.24) is 19.7 Å². The van der Waals surface area contributed by atoms with E-state index in [0.717, 1.165) is 11.3 Å². The highest BCUT2D eigenvalue weighted by Gasteiger charge is 2.17. The number of carbonyl (C=O) groups is 1. The van der Waals surface area contributed by atoms with E-state index in [1.165, 1.54) is 12.5 Å². The van der Waals surface area contributed by atoms with Crippen LogP contribution in [0.3, 0.4) is 0 Å². The van der Waals surface area contributed by atoms with Gasteiger partial charge in [0.15, 0.2) is 0 Å². The van der Waals surface area contributed by atoms with Crippen molar-refractivity contribution in [3.63, 3.8) is 0 Å². The fourth-order valence-electron chi connectivity index (χ4n) is 2.30. The third kappa shape index (κ3) is 3.13. The first-order valence-electron chi connectivity index (χ1n) is 7.03. The number of anilines is 1. The molecule has 0 atom stereocenters. The van der Waals surface area contributed by atoms with Crippen LogP contribution in [0.1, 0.15) is 27.3 Å². The summed E-state index contributed by atoms with van der Waals surface area (Å²) >= 11 is 0. The summed E-state index contributed by atoms with van der Waals surface area (Å²) in [6, 6.07) is 9.28. The third-order valence-corrected chi connectivity index (χ3v) is 3.48. The quantitative estimate of drug-likeness (QED) is 0.564. The van der Waals surface area contributed by atoms with Gasteiger partial charge >= 0.3 is 0 Å². The van der Waals surface area contributed by atoms with Crippen LogP contribution >= 0.6 is 0 Å². The van der Waals surface area contributed by atoms with E-state index >= 15 is 0 Å². The molecular formula is C16H14BN5O. The van der Waals surface area contributed by atoms with Gasteiger partial charge in [0.25, 0.3) is 0 Å². The van der Waals surface area contributed by atoms with Crippen LogP contribution in [0.2, 0.25) is 0 Å². The minimum atomic E-state index is -0.294. The van der Waals surface area contributed by atoms with Gasteiger partial charge in [-0.25, -0.2) is 9.97 Å². The van der Waals surface area contributed by atoms with E-state index in [1.54, 1.807) is 10.7 Å². The first kappa shape index (κ1) is 15.0. The number of nitrogen functional groups attached to an aromatic ring is 1. The minimum Gasteiger partial charge on any atom is -0.383 e. The molecule has 112 valence electrons. The maximum absolute atomic E-state index is 12.5. The Labute approximate surface area is 134 Å².